The highest BCUT2D eigenvalue weighted by Crippen LogP contribution is 2.51. The number of carbonyl (C=O) groups excluding carboxylic acids is 4. The third kappa shape index (κ3) is 3.27. The van der Waals surface area contributed by atoms with Gasteiger partial charge in [-0.25, -0.2) is 15.3 Å². The molecule has 2 heterocycles. The van der Waals surface area contributed by atoms with Crippen molar-refractivity contribution >= 4 is 35.1 Å². The molecule has 29 heavy (non-hydrogen) atoms. The molecule has 11 heteroatoms. The number of thiazole rings is 1. The number of nitrogens with zero attached hydrogens (tertiary/aromatic N) is 4. The van der Waals surface area contributed by atoms with Crippen LogP contribution in [-0.4, -0.2) is 80.9 Å². The van der Waals surface area contributed by atoms with Crippen molar-refractivity contribution in [2.45, 2.75) is 50.6 Å². The van der Waals surface area contributed by atoms with Crippen molar-refractivity contribution in [3.8, 4) is 0 Å². The first-order valence-corrected chi connectivity index (χ1v) is 10.0. The van der Waals surface area contributed by atoms with Crippen LogP contribution >= 0.6 is 11.3 Å². The molecule has 158 valence electrons. The quantitative estimate of drug-likeness (QED) is 0.390. The number of urea groups is 1. The van der Waals surface area contributed by atoms with Crippen molar-refractivity contribution in [1.82, 2.24) is 25.2 Å². The van der Waals surface area contributed by atoms with Crippen molar-refractivity contribution in [2.24, 2.45) is 0 Å². The average molecular weight is 423 g/mol. The number of hydroxylamine groups is 1. The number of carbonyl (C=O) groups is 4. The Morgan fingerprint density at radius 1 is 1.38 bits per heavy atom. The third-order valence-corrected chi connectivity index (χ3v) is 7.05. The van der Waals surface area contributed by atoms with Gasteiger partial charge in [-0.2, -0.15) is 0 Å². The average Bonchev–Trinajstić information content (AvgIpc) is 3.36. The SMILES string of the molecule is Cc1ncc(C2(C(=O)N(C)C(CN3C(=O)N(C)C(C)(C)C3=O)C(=O)NO)CC2)s1. The van der Waals surface area contributed by atoms with Gasteiger partial charge in [0.05, 0.1) is 17.0 Å². The van der Waals surface area contributed by atoms with E-state index in [0.717, 1.165) is 14.8 Å². The molecule has 0 aromatic carbocycles. The molecular formula is C18H25N5O5S. The summed E-state index contributed by atoms with van der Waals surface area (Å²) in [5, 5.41) is 10.0. The van der Waals surface area contributed by atoms with E-state index in [1.807, 2.05) is 6.92 Å². The standard InChI is InChI=1S/C18H25N5O5S/c1-10-19-8-12(29-10)18(6-7-18)15(26)21(4)11(13(24)20-28)9-23-14(25)17(2,3)22(5)16(23)27/h8,11,28H,6-7,9H2,1-5H3,(H,20,24). The number of imide groups is 1. The van der Waals surface area contributed by atoms with Crippen LogP contribution in [0.4, 0.5) is 4.79 Å². The van der Waals surface area contributed by atoms with Crippen molar-refractivity contribution in [3.05, 3.63) is 16.1 Å². The molecule has 1 aromatic heterocycles. The molecule has 1 saturated heterocycles. The molecule has 2 aliphatic rings. The summed E-state index contributed by atoms with van der Waals surface area (Å²) < 4.78 is 0. The Morgan fingerprint density at radius 2 is 2.00 bits per heavy atom. The number of aryl methyl sites for hydroxylation is 1. The first-order valence-electron chi connectivity index (χ1n) is 9.21. The first-order chi connectivity index (χ1) is 13.5. The van der Waals surface area contributed by atoms with E-state index in [4.69, 9.17) is 0 Å². The van der Waals surface area contributed by atoms with Crippen LogP contribution in [-0.2, 0) is 19.8 Å². The van der Waals surface area contributed by atoms with Gasteiger partial charge in [0.1, 0.15) is 11.6 Å². The summed E-state index contributed by atoms with van der Waals surface area (Å²) in [6, 6.07) is -1.79. The van der Waals surface area contributed by atoms with E-state index >= 15 is 0 Å². The first kappa shape index (κ1) is 21.2. The topological polar surface area (TPSA) is 123 Å². The highest BCUT2D eigenvalue weighted by Gasteiger charge is 2.56. The van der Waals surface area contributed by atoms with Gasteiger partial charge in [-0.1, -0.05) is 0 Å². The predicted octanol–water partition coefficient (Wildman–Crippen LogP) is 0.488. The maximum Gasteiger partial charge on any atom is 0.327 e. The van der Waals surface area contributed by atoms with Crippen LogP contribution in [0, 0.1) is 6.92 Å². The summed E-state index contributed by atoms with van der Waals surface area (Å²) in [5.41, 5.74) is -0.257. The van der Waals surface area contributed by atoms with E-state index in [9.17, 15) is 24.4 Å². The molecule has 2 N–H and O–H groups in total. The highest BCUT2D eigenvalue weighted by molar-refractivity contribution is 7.11. The second-order valence-corrected chi connectivity index (χ2v) is 9.28. The minimum atomic E-state index is -1.23. The largest absolute Gasteiger partial charge is 0.331 e. The Labute approximate surface area is 172 Å². The van der Waals surface area contributed by atoms with Gasteiger partial charge >= 0.3 is 6.03 Å². The fraction of sp³-hybridized carbons (Fsp3) is 0.611. The fourth-order valence-electron chi connectivity index (χ4n) is 3.52. The molecule has 0 bridgehead atoms. The number of hydrogen-bond acceptors (Lipinski definition) is 7. The second-order valence-electron chi connectivity index (χ2n) is 8.05. The van der Waals surface area contributed by atoms with Gasteiger partial charge in [0.25, 0.3) is 11.8 Å². The Kier molecular flexibility index (Phi) is 5.16. The zero-order valence-electron chi connectivity index (χ0n) is 17.1. The second kappa shape index (κ2) is 7.06. The molecule has 1 aromatic rings. The molecule has 2 fully saturated rings. The van der Waals surface area contributed by atoms with Crippen molar-refractivity contribution in [3.63, 3.8) is 0 Å². The number of nitrogens with one attached hydrogen (secondary N) is 1. The van der Waals surface area contributed by atoms with Crippen LogP contribution in [0.1, 0.15) is 36.6 Å². The Balaban J connectivity index is 1.86. The minimum absolute atomic E-state index is 0.304. The maximum atomic E-state index is 13.3. The van der Waals surface area contributed by atoms with Gasteiger partial charge in [-0.3, -0.25) is 24.5 Å². The lowest BCUT2D eigenvalue weighted by Crippen LogP contribution is -2.56. The molecule has 1 aliphatic carbocycles. The molecule has 5 amide bonds. The molecule has 0 radical (unpaired) electrons. The van der Waals surface area contributed by atoms with E-state index in [2.05, 4.69) is 4.98 Å². The summed E-state index contributed by atoms with van der Waals surface area (Å²) in [4.78, 5) is 59.3. The summed E-state index contributed by atoms with van der Waals surface area (Å²) in [6.07, 6.45) is 2.93. The molecule has 1 saturated carbocycles. The smallest absolute Gasteiger partial charge is 0.327 e. The van der Waals surface area contributed by atoms with Crippen LogP contribution in [0.5, 0.6) is 0 Å². The van der Waals surface area contributed by atoms with Gasteiger partial charge < -0.3 is 9.80 Å². The highest BCUT2D eigenvalue weighted by atomic mass is 32.1. The molecule has 1 atom stereocenters. The predicted molar refractivity (Wildman–Crippen MR) is 103 cm³/mol. The van der Waals surface area contributed by atoms with Crippen LogP contribution in [0.2, 0.25) is 0 Å². The van der Waals surface area contributed by atoms with Gasteiger partial charge in [0.2, 0.25) is 5.91 Å². The van der Waals surface area contributed by atoms with E-state index in [1.54, 1.807) is 25.5 Å². The molecule has 0 spiro atoms. The van der Waals surface area contributed by atoms with E-state index in [-0.39, 0.29) is 12.5 Å². The third-order valence-electron chi connectivity index (χ3n) is 5.93. The van der Waals surface area contributed by atoms with Crippen molar-refractivity contribution < 1.29 is 24.4 Å². The zero-order chi connectivity index (χ0) is 21.7. The molecule has 10 nitrogen and oxygen atoms in total. The number of amides is 5. The van der Waals surface area contributed by atoms with Gasteiger partial charge in [-0.15, -0.1) is 11.3 Å². The lowest BCUT2D eigenvalue weighted by molar-refractivity contribution is -0.146. The number of hydrogen-bond donors (Lipinski definition) is 2. The normalized spacial score (nSPS) is 20.6. The molecule has 1 unspecified atom stereocenters. The fourth-order valence-corrected chi connectivity index (χ4v) is 4.54. The Hall–Kier alpha value is -2.53. The monoisotopic (exact) mass is 423 g/mol. The summed E-state index contributed by atoms with van der Waals surface area (Å²) in [7, 11) is 2.94. The number of likely N-dealkylation sites (N-methyl/N-ethyl adjacent to an activating group) is 2. The van der Waals surface area contributed by atoms with E-state index in [0.29, 0.717) is 12.8 Å². The lowest BCUT2D eigenvalue weighted by atomic mass is 10.0. The lowest BCUT2D eigenvalue weighted by Gasteiger charge is -2.31. The Morgan fingerprint density at radius 3 is 2.41 bits per heavy atom. The van der Waals surface area contributed by atoms with Crippen LogP contribution in [0.3, 0.4) is 0 Å². The van der Waals surface area contributed by atoms with Gasteiger partial charge in [0, 0.05) is 25.2 Å². The summed E-state index contributed by atoms with van der Waals surface area (Å²) in [6.45, 7) is 4.71. The number of aromatic nitrogens is 1. The summed E-state index contributed by atoms with van der Waals surface area (Å²) in [5.74, 6) is -1.65. The maximum absolute atomic E-state index is 13.3. The van der Waals surface area contributed by atoms with E-state index in [1.165, 1.54) is 35.2 Å². The van der Waals surface area contributed by atoms with Crippen LogP contribution in [0.15, 0.2) is 6.20 Å². The van der Waals surface area contributed by atoms with Crippen molar-refractivity contribution in [1.29, 1.82) is 0 Å². The Bertz CT molecular complexity index is 878. The molecule has 3 rings (SSSR count). The van der Waals surface area contributed by atoms with Crippen LogP contribution in [0.25, 0.3) is 0 Å². The molecule has 1 aliphatic heterocycles. The molecular weight excluding hydrogens is 398 g/mol. The van der Waals surface area contributed by atoms with E-state index < -0.39 is 34.8 Å². The summed E-state index contributed by atoms with van der Waals surface area (Å²) >= 11 is 1.43. The number of rotatable bonds is 6. The van der Waals surface area contributed by atoms with Gasteiger partial charge in [0.15, 0.2) is 0 Å². The van der Waals surface area contributed by atoms with Crippen LogP contribution < -0.4 is 5.48 Å². The van der Waals surface area contributed by atoms with Crippen molar-refractivity contribution in [2.75, 3.05) is 20.6 Å². The zero-order valence-corrected chi connectivity index (χ0v) is 17.9. The van der Waals surface area contributed by atoms with Gasteiger partial charge in [-0.05, 0) is 33.6 Å². The minimum Gasteiger partial charge on any atom is -0.331 e.